The monoisotopic (exact) mass is 174 g/mol. The van der Waals surface area contributed by atoms with Crippen molar-refractivity contribution in [1.82, 2.24) is 4.90 Å². The summed E-state index contributed by atoms with van der Waals surface area (Å²) in [5.74, 6) is 0. The second-order valence-electron chi connectivity index (χ2n) is 3.74. The van der Waals surface area contributed by atoms with Gasteiger partial charge in [-0.05, 0) is 20.4 Å². The van der Waals surface area contributed by atoms with Gasteiger partial charge >= 0.3 is 0 Å². The number of hydrogen-bond donors (Lipinski definition) is 1. The van der Waals surface area contributed by atoms with Crippen molar-refractivity contribution in [2.75, 3.05) is 33.9 Å². The zero-order valence-electron chi connectivity index (χ0n) is 8.76. The minimum atomic E-state index is -0.0670. The molecule has 0 aliphatic heterocycles. The Morgan fingerprint density at radius 1 is 1.50 bits per heavy atom. The molecule has 0 heterocycles. The van der Waals surface area contributed by atoms with Crippen molar-refractivity contribution in [3.63, 3.8) is 0 Å². The van der Waals surface area contributed by atoms with Gasteiger partial charge in [-0.3, -0.25) is 0 Å². The third kappa shape index (κ3) is 5.52. The van der Waals surface area contributed by atoms with E-state index >= 15 is 0 Å². The maximum Gasteiger partial charge on any atom is 0.0589 e. The molecule has 3 nitrogen and oxygen atoms in total. The van der Waals surface area contributed by atoms with Gasteiger partial charge in [0.05, 0.1) is 6.61 Å². The largest absolute Gasteiger partial charge is 0.383 e. The Labute approximate surface area is 75.9 Å². The van der Waals surface area contributed by atoms with Gasteiger partial charge in [0.1, 0.15) is 0 Å². The highest BCUT2D eigenvalue weighted by molar-refractivity contribution is 4.79. The molecule has 1 atom stereocenters. The smallest absolute Gasteiger partial charge is 0.0589 e. The van der Waals surface area contributed by atoms with Gasteiger partial charge in [-0.15, -0.1) is 0 Å². The molecule has 1 unspecified atom stereocenters. The fraction of sp³-hybridized carbons (Fsp3) is 1.00. The Bertz CT molecular complexity index is 115. The predicted molar refractivity (Wildman–Crippen MR) is 52.3 cm³/mol. The Balaban J connectivity index is 3.60. The highest BCUT2D eigenvalue weighted by atomic mass is 16.5. The number of likely N-dealkylation sites (N-methyl/N-ethyl adjacent to an activating group) is 1. The average molecular weight is 174 g/mol. The maximum atomic E-state index is 6.01. The Morgan fingerprint density at radius 3 is 2.50 bits per heavy atom. The lowest BCUT2D eigenvalue weighted by Gasteiger charge is -2.28. The summed E-state index contributed by atoms with van der Waals surface area (Å²) in [6.07, 6.45) is 1.00. The van der Waals surface area contributed by atoms with Gasteiger partial charge in [0.15, 0.2) is 0 Å². The lowest BCUT2D eigenvalue weighted by atomic mass is 10.0. The van der Waals surface area contributed by atoms with Crippen LogP contribution in [0.15, 0.2) is 0 Å². The van der Waals surface area contributed by atoms with E-state index in [1.807, 2.05) is 0 Å². The number of hydrogen-bond acceptors (Lipinski definition) is 3. The van der Waals surface area contributed by atoms with Gasteiger partial charge in [-0.25, -0.2) is 0 Å². The van der Waals surface area contributed by atoms with Gasteiger partial charge < -0.3 is 15.4 Å². The van der Waals surface area contributed by atoms with Crippen molar-refractivity contribution in [1.29, 1.82) is 0 Å². The van der Waals surface area contributed by atoms with Crippen LogP contribution in [0.3, 0.4) is 0 Å². The molecule has 0 saturated carbocycles. The van der Waals surface area contributed by atoms with Gasteiger partial charge in [0.2, 0.25) is 0 Å². The summed E-state index contributed by atoms with van der Waals surface area (Å²) in [5.41, 5.74) is 5.94. The van der Waals surface area contributed by atoms with Crippen molar-refractivity contribution in [3.8, 4) is 0 Å². The molecule has 0 radical (unpaired) electrons. The number of nitrogens with two attached hydrogens (primary N) is 1. The predicted octanol–water partition coefficient (Wildman–Crippen LogP) is 0.692. The topological polar surface area (TPSA) is 38.5 Å². The zero-order chi connectivity index (χ0) is 9.61. The summed E-state index contributed by atoms with van der Waals surface area (Å²) in [6.45, 7) is 6.84. The van der Waals surface area contributed by atoms with Crippen LogP contribution in [0.2, 0.25) is 0 Å². The second-order valence-corrected chi connectivity index (χ2v) is 3.74. The molecule has 0 aromatic carbocycles. The molecule has 2 N–H and O–H groups in total. The number of methoxy groups -OCH3 is 1. The molecule has 0 bridgehead atoms. The number of rotatable bonds is 6. The minimum absolute atomic E-state index is 0.0670. The molecule has 3 heteroatoms. The van der Waals surface area contributed by atoms with E-state index in [2.05, 4.69) is 25.8 Å². The van der Waals surface area contributed by atoms with E-state index in [1.165, 1.54) is 0 Å². The molecule has 12 heavy (non-hydrogen) atoms. The molecular formula is C9H22N2O. The third-order valence-corrected chi connectivity index (χ3v) is 2.12. The Morgan fingerprint density at radius 2 is 2.08 bits per heavy atom. The molecule has 0 amide bonds. The number of nitrogens with zero attached hydrogens (tertiary/aromatic N) is 1. The van der Waals surface area contributed by atoms with Crippen LogP contribution in [0.4, 0.5) is 0 Å². The van der Waals surface area contributed by atoms with Crippen molar-refractivity contribution in [2.45, 2.75) is 25.8 Å². The van der Waals surface area contributed by atoms with Gasteiger partial charge in [-0.2, -0.15) is 0 Å². The Hall–Kier alpha value is -0.120. The highest BCUT2D eigenvalue weighted by Gasteiger charge is 2.17. The van der Waals surface area contributed by atoms with Crippen molar-refractivity contribution in [2.24, 2.45) is 5.73 Å². The van der Waals surface area contributed by atoms with Crippen LogP contribution in [0.1, 0.15) is 20.3 Å². The van der Waals surface area contributed by atoms with E-state index in [4.69, 9.17) is 10.5 Å². The van der Waals surface area contributed by atoms with E-state index in [9.17, 15) is 0 Å². The molecule has 0 fully saturated rings. The van der Waals surface area contributed by atoms with E-state index in [0.29, 0.717) is 0 Å². The van der Waals surface area contributed by atoms with Gasteiger partial charge in [0.25, 0.3) is 0 Å². The van der Waals surface area contributed by atoms with E-state index in [0.717, 1.165) is 26.1 Å². The molecule has 0 aliphatic carbocycles. The standard InChI is InChI=1S/C9H22N2O/c1-5-9(2,10)8-11(3)6-7-12-4/h5-8,10H2,1-4H3. The average Bonchev–Trinajstić information content (AvgIpc) is 2.00. The first-order valence-corrected chi connectivity index (χ1v) is 4.48. The lowest BCUT2D eigenvalue weighted by Crippen LogP contribution is -2.46. The van der Waals surface area contributed by atoms with Gasteiger partial charge in [-0.1, -0.05) is 6.92 Å². The molecule has 0 saturated heterocycles. The molecule has 0 rings (SSSR count). The lowest BCUT2D eigenvalue weighted by molar-refractivity contribution is 0.148. The quantitative estimate of drug-likeness (QED) is 0.644. The van der Waals surface area contributed by atoms with Crippen LogP contribution >= 0.6 is 0 Å². The SMILES string of the molecule is CCC(C)(N)CN(C)CCOC. The summed E-state index contributed by atoms with van der Waals surface area (Å²) in [6, 6.07) is 0. The molecule has 0 spiro atoms. The number of ether oxygens (including phenoxy) is 1. The van der Waals surface area contributed by atoms with Crippen LogP contribution < -0.4 is 5.73 Å². The highest BCUT2D eigenvalue weighted by Crippen LogP contribution is 2.05. The first-order valence-electron chi connectivity index (χ1n) is 4.48. The van der Waals surface area contributed by atoms with Crippen molar-refractivity contribution < 1.29 is 4.74 Å². The van der Waals surface area contributed by atoms with Crippen molar-refractivity contribution >= 4 is 0 Å². The second kappa shape index (κ2) is 5.51. The molecule has 0 aromatic rings. The normalized spacial score (nSPS) is 16.5. The minimum Gasteiger partial charge on any atom is -0.383 e. The third-order valence-electron chi connectivity index (χ3n) is 2.12. The van der Waals surface area contributed by atoms with E-state index < -0.39 is 0 Å². The van der Waals surface area contributed by atoms with Crippen LogP contribution in [0.5, 0.6) is 0 Å². The van der Waals surface area contributed by atoms with Crippen LogP contribution in [-0.2, 0) is 4.74 Å². The molecular weight excluding hydrogens is 152 g/mol. The first-order chi connectivity index (χ1) is 5.52. The Kier molecular flexibility index (Phi) is 5.46. The molecule has 74 valence electrons. The summed E-state index contributed by atoms with van der Waals surface area (Å²) in [4.78, 5) is 2.20. The molecule has 0 aliphatic rings. The zero-order valence-corrected chi connectivity index (χ0v) is 8.76. The fourth-order valence-electron chi connectivity index (χ4n) is 1.05. The summed E-state index contributed by atoms with van der Waals surface area (Å²) < 4.78 is 4.98. The summed E-state index contributed by atoms with van der Waals surface area (Å²) in [7, 11) is 3.79. The van der Waals surface area contributed by atoms with Crippen LogP contribution in [-0.4, -0.2) is 44.3 Å². The van der Waals surface area contributed by atoms with E-state index in [1.54, 1.807) is 7.11 Å². The summed E-state index contributed by atoms with van der Waals surface area (Å²) >= 11 is 0. The van der Waals surface area contributed by atoms with Crippen LogP contribution in [0, 0.1) is 0 Å². The summed E-state index contributed by atoms with van der Waals surface area (Å²) in [5, 5.41) is 0. The fourth-order valence-corrected chi connectivity index (χ4v) is 1.05. The van der Waals surface area contributed by atoms with E-state index in [-0.39, 0.29) is 5.54 Å². The van der Waals surface area contributed by atoms with Crippen LogP contribution in [0.25, 0.3) is 0 Å². The van der Waals surface area contributed by atoms with Crippen molar-refractivity contribution in [3.05, 3.63) is 0 Å². The van der Waals surface area contributed by atoms with Gasteiger partial charge in [0, 0.05) is 25.7 Å². The maximum absolute atomic E-state index is 6.01. The molecule has 0 aromatic heterocycles. The first kappa shape index (κ1) is 11.9.